The SMILES string of the molecule is O=C(NCC1CC1)c1ccc2c(c1)nc1n2CCN(Cc2ccccn2)C1=O. The van der Waals surface area contributed by atoms with Crippen LogP contribution in [0.5, 0.6) is 0 Å². The quantitative estimate of drug-likeness (QED) is 0.742. The molecule has 0 radical (unpaired) electrons. The van der Waals surface area contributed by atoms with E-state index in [9.17, 15) is 9.59 Å². The lowest BCUT2D eigenvalue weighted by Crippen LogP contribution is -2.40. The van der Waals surface area contributed by atoms with Gasteiger partial charge in [-0.25, -0.2) is 4.98 Å². The highest BCUT2D eigenvalue weighted by Crippen LogP contribution is 2.28. The number of rotatable bonds is 5. The van der Waals surface area contributed by atoms with Gasteiger partial charge in [-0.2, -0.15) is 0 Å². The van der Waals surface area contributed by atoms with E-state index in [0.717, 1.165) is 17.8 Å². The van der Waals surface area contributed by atoms with Gasteiger partial charge < -0.3 is 14.8 Å². The molecule has 1 aliphatic heterocycles. The van der Waals surface area contributed by atoms with Gasteiger partial charge in [0.1, 0.15) is 0 Å². The van der Waals surface area contributed by atoms with E-state index in [2.05, 4.69) is 15.3 Å². The van der Waals surface area contributed by atoms with Crippen molar-refractivity contribution < 1.29 is 9.59 Å². The first-order chi connectivity index (χ1) is 13.7. The molecule has 142 valence electrons. The smallest absolute Gasteiger partial charge is 0.290 e. The molecule has 0 atom stereocenters. The van der Waals surface area contributed by atoms with Crippen LogP contribution in [0.15, 0.2) is 42.6 Å². The number of aromatic nitrogens is 3. The van der Waals surface area contributed by atoms with E-state index in [4.69, 9.17) is 0 Å². The van der Waals surface area contributed by atoms with Crippen LogP contribution in [0.1, 0.15) is 39.5 Å². The van der Waals surface area contributed by atoms with Crippen molar-refractivity contribution in [2.45, 2.75) is 25.9 Å². The van der Waals surface area contributed by atoms with Crippen molar-refractivity contribution in [3.8, 4) is 0 Å². The molecule has 0 bridgehead atoms. The number of pyridine rings is 1. The standard InChI is InChI=1S/C21H21N5O2/c27-20(23-12-14-4-5-14)15-6-7-18-17(11-15)24-19-21(28)25(9-10-26(18)19)13-16-3-1-2-8-22-16/h1-3,6-8,11,14H,4-5,9-10,12-13H2,(H,23,27). The fourth-order valence-electron chi connectivity index (χ4n) is 3.62. The summed E-state index contributed by atoms with van der Waals surface area (Å²) in [6.07, 6.45) is 4.13. The largest absolute Gasteiger partial charge is 0.352 e. The van der Waals surface area contributed by atoms with Crippen LogP contribution in [0, 0.1) is 5.92 Å². The number of benzene rings is 1. The van der Waals surface area contributed by atoms with Gasteiger partial charge in [-0.05, 0) is 49.1 Å². The summed E-state index contributed by atoms with van der Waals surface area (Å²) in [5.41, 5.74) is 3.01. The molecule has 1 aliphatic carbocycles. The molecular weight excluding hydrogens is 354 g/mol. The molecule has 2 aromatic heterocycles. The van der Waals surface area contributed by atoms with E-state index >= 15 is 0 Å². The number of carbonyl (C=O) groups excluding carboxylic acids is 2. The minimum atomic E-state index is -0.104. The molecule has 7 nitrogen and oxygen atoms in total. The van der Waals surface area contributed by atoms with Crippen molar-refractivity contribution in [2.75, 3.05) is 13.1 Å². The van der Waals surface area contributed by atoms with E-state index in [-0.39, 0.29) is 11.8 Å². The van der Waals surface area contributed by atoms with E-state index in [1.54, 1.807) is 17.2 Å². The summed E-state index contributed by atoms with van der Waals surface area (Å²) in [6.45, 7) is 2.49. The Labute approximate surface area is 162 Å². The molecule has 1 saturated carbocycles. The third-order valence-corrected chi connectivity index (χ3v) is 5.41. The second kappa shape index (κ2) is 6.74. The van der Waals surface area contributed by atoms with Gasteiger partial charge in [0, 0.05) is 31.4 Å². The molecule has 1 fully saturated rings. The number of hydrogen-bond acceptors (Lipinski definition) is 4. The zero-order chi connectivity index (χ0) is 19.1. The third kappa shape index (κ3) is 3.13. The Hall–Kier alpha value is -3.22. The van der Waals surface area contributed by atoms with Gasteiger partial charge in [0.05, 0.1) is 23.3 Å². The summed E-state index contributed by atoms with van der Waals surface area (Å²) in [5, 5.41) is 2.97. The van der Waals surface area contributed by atoms with Gasteiger partial charge in [0.25, 0.3) is 11.8 Å². The normalized spacial score (nSPS) is 16.3. The Morgan fingerprint density at radius 3 is 2.86 bits per heavy atom. The summed E-state index contributed by atoms with van der Waals surface area (Å²) in [6, 6.07) is 11.2. The Balaban J connectivity index is 1.39. The minimum Gasteiger partial charge on any atom is -0.352 e. The average Bonchev–Trinajstić information content (AvgIpc) is 3.48. The minimum absolute atomic E-state index is 0.0807. The molecule has 5 rings (SSSR count). The molecule has 2 aliphatic rings. The fraction of sp³-hybridized carbons (Fsp3) is 0.333. The molecule has 7 heteroatoms. The maximum Gasteiger partial charge on any atom is 0.290 e. The summed E-state index contributed by atoms with van der Waals surface area (Å²) in [5.74, 6) is 0.874. The highest BCUT2D eigenvalue weighted by molar-refractivity contribution is 6.00. The van der Waals surface area contributed by atoms with Crippen LogP contribution >= 0.6 is 0 Å². The Kier molecular flexibility index (Phi) is 4.07. The molecule has 0 unspecified atom stereocenters. The second-order valence-corrected chi connectivity index (χ2v) is 7.49. The van der Waals surface area contributed by atoms with Crippen LogP contribution < -0.4 is 5.32 Å². The van der Waals surface area contributed by atoms with Crippen LogP contribution in [0.2, 0.25) is 0 Å². The molecule has 1 N–H and O–H groups in total. The number of hydrogen-bond donors (Lipinski definition) is 1. The first kappa shape index (κ1) is 16.9. The fourth-order valence-corrected chi connectivity index (χ4v) is 3.62. The first-order valence-corrected chi connectivity index (χ1v) is 9.67. The van der Waals surface area contributed by atoms with Gasteiger partial charge in [0.2, 0.25) is 0 Å². The molecule has 3 aromatic rings. The molecule has 2 amide bonds. The second-order valence-electron chi connectivity index (χ2n) is 7.49. The lowest BCUT2D eigenvalue weighted by molar-refractivity contribution is 0.0682. The van der Waals surface area contributed by atoms with Crippen molar-refractivity contribution in [1.82, 2.24) is 24.8 Å². The van der Waals surface area contributed by atoms with Crippen LogP contribution in [-0.2, 0) is 13.1 Å². The van der Waals surface area contributed by atoms with Gasteiger partial charge in [0.15, 0.2) is 5.82 Å². The number of amides is 2. The van der Waals surface area contributed by atoms with E-state index in [1.165, 1.54) is 12.8 Å². The summed E-state index contributed by atoms with van der Waals surface area (Å²) in [7, 11) is 0. The molecule has 1 aromatic carbocycles. The van der Waals surface area contributed by atoms with Gasteiger partial charge >= 0.3 is 0 Å². The number of carbonyl (C=O) groups is 2. The average molecular weight is 375 g/mol. The van der Waals surface area contributed by atoms with E-state index in [1.807, 2.05) is 34.9 Å². The van der Waals surface area contributed by atoms with Gasteiger partial charge in [-0.3, -0.25) is 14.6 Å². The number of nitrogens with zero attached hydrogens (tertiary/aromatic N) is 4. The van der Waals surface area contributed by atoms with Crippen molar-refractivity contribution in [2.24, 2.45) is 5.92 Å². The van der Waals surface area contributed by atoms with Crippen molar-refractivity contribution in [3.63, 3.8) is 0 Å². The van der Waals surface area contributed by atoms with Crippen LogP contribution in [0.3, 0.4) is 0 Å². The number of fused-ring (bicyclic) bond motifs is 3. The first-order valence-electron chi connectivity index (χ1n) is 9.67. The molecule has 28 heavy (non-hydrogen) atoms. The topological polar surface area (TPSA) is 80.1 Å². The van der Waals surface area contributed by atoms with E-state index in [0.29, 0.717) is 42.5 Å². The third-order valence-electron chi connectivity index (χ3n) is 5.41. The predicted molar refractivity (Wildman–Crippen MR) is 104 cm³/mol. The number of nitrogens with one attached hydrogen (secondary N) is 1. The van der Waals surface area contributed by atoms with E-state index < -0.39 is 0 Å². The molecule has 0 spiro atoms. The summed E-state index contributed by atoms with van der Waals surface area (Å²) < 4.78 is 1.94. The van der Waals surface area contributed by atoms with Gasteiger partial charge in [-0.1, -0.05) is 6.07 Å². The highest BCUT2D eigenvalue weighted by atomic mass is 16.2. The lowest BCUT2D eigenvalue weighted by Gasteiger charge is -2.27. The Morgan fingerprint density at radius 2 is 2.07 bits per heavy atom. The highest BCUT2D eigenvalue weighted by Gasteiger charge is 2.28. The zero-order valence-electron chi connectivity index (χ0n) is 15.5. The Bertz CT molecular complexity index is 1060. The summed E-state index contributed by atoms with van der Waals surface area (Å²) >= 11 is 0. The van der Waals surface area contributed by atoms with Gasteiger partial charge in [-0.15, -0.1) is 0 Å². The van der Waals surface area contributed by atoms with Crippen molar-refractivity contribution in [3.05, 3.63) is 59.7 Å². The monoisotopic (exact) mass is 375 g/mol. The van der Waals surface area contributed by atoms with Crippen LogP contribution in [0.25, 0.3) is 11.0 Å². The number of imidazole rings is 1. The van der Waals surface area contributed by atoms with Crippen LogP contribution in [-0.4, -0.2) is 44.3 Å². The Morgan fingerprint density at radius 1 is 1.18 bits per heavy atom. The predicted octanol–water partition coefficient (Wildman–Crippen LogP) is 2.23. The molecule has 0 saturated heterocycles. The zero-order valence-corrected chi connectivity index (χ0v) is 15.5. The molecule has 3 heterocycles. The summed E-state index contributed by atoms with van der Waals surface area (Å²) in [4.78, 5) is 35.9. The maximum atomic E-state index is 12.9. The molecular formula is C21H21N5O2. The lowest BCUT2D eigenvalue weighted by atomic mass is 10.2. The van der Waals surface area contributed by atoms with Crippen molar-refractivity contribution >= 4 is 22.8 Å². The maximum absolute atomic E-state index is 12.9. The van der Waals surface area contributed by atoms with Crippen LogP contribution in [0.4, 0.5) is 0 Å². The van der Waals surface area contributed by atoms with Crippen molar-refractivity contribution in [1.29, 1.82) is 0 Å².